The minimum absolute atomic E-state index is 0.0544. The maximum atomic E-state index is 11.4. The third kappa shape index (κ3) is 2.72. The average Bonchev–Trinajstić information content (AvgIpc) is 2.94. The van der Waals surface area contributed by atoms with Crippen molar-refractivity contribution in [3.05, 3.63) is 58.8 Å². The highest BCUT2D eigenvalue weighted by Crippen LogP contribution is 2.36. The number of aromatic nitrogens is 2. The summed E-state index contributed by atoms with van der Waals surface area (Å²) in [5.74, 6) is -1.04. The molecule has 0 aliphatic rings. The van der Waals surface area contributed by atoms with Crippen LogP contribution in [0, 0.1) is 0 Å². The molecule has 0 atom stereocenters. The molecule has 3 rings (SSSR count). The van der Waals surface area contributed by atoms with Crippen LogP contribution in [0.3, 0.4) is 0 Å². The lowest BCUT2D eigenvalue weighted by Crippen LogP contribution is -1.98. The minimum Gasteiger partial charge on any atom is -0.476 e. The largest absolute Gasteiger partial charge is 0.476 e. The highest BCUT2D eigenvalue weighted by molar-refractivity contribution is 9.10. The number of rotatable bonds is 3. The summed E-state index contributed by atoms with van der Waals surface area (Å²) in [5.41, 5.74) is 1.54. The molecule has 0 fully saturated rings. The Kier molecular flexibility index (Phi) is 3.81. The molecular weight excluding hydrogens is 352 g/mol. The molecule has 1 aromatic carbocycles. The highest BCUT2D eigenvalue weighted by atomic mass is 79.9. The van der Waals surface area contributed by atoms with Gasteiger partial charge >= 0.3 is 5.97 Å². The second-order valence-electron chi connectivity index (χ2n) is 4.20. The molecule has 21 heavy (non-hydrogen) atoms. The lowest BCUT2D eigenvalue weighted by molar-refractivity contribution is 0.0692. The molecule has 2 aromatic heterocycles. The molecule has 0 saturated carbocycles. The molecule has 3 aromatic rings. The van der Waals surface area contributed by atoms with E-state index in [1.165, 1.54) is 11.3 Å². The van der Waals surface area contributed by atoms with E-state index in [-0.39, 0.29) is 5.69 Å². The maximum Gasteiger partial charge on any atom is 0.356 e. The second-order valence-corrected chi connectivity index (χ2v) is 6.06. The van der Waals surface area contributed by atoms with Gasteiger partial charge in [0, 0.05) is 10.7 Å². The van der Waals surface area contributed by atoms with Crippen LogP contribution in [-0.2, 0) is 0 Å². The minimum atomic E-state index is -1.04. The van der Waals surface area contributed by atoms with Crippen molar-refractivity contribution in [2.24, 2.45) is 0 Å². The number of thiazole rings is 1. The number of hydrogen-bond donors (Lipinski definition) is 1. The zero-order valence-corrected chi connectivity index (χ0v) is 13.1. The molecule has 0 unspecified atom stereocenters. The molecule has 0 bridgehead atoms. The average molecular weight is 361 g/mol. The van der Waals surface area contributed by atoms with E-state index in [9.17, 15) is 9.90 Å². The third-order valence-corrected chi connectivity index (χ3v) is 4.58. The number of benzene rings is 1. The molecule has 6 heteroatoms. The zero-order chi connectivity index (χ0) is 14.8. The Balaban J connectivity index is 2.18. The Morgan fingerprint density at radius 1 is 1.14 bits per heavy atom. The number of halogens is 1. The van der Waals surface area contributed by atoms with Gasteiger partial charge in [-0.05, 0) is 33.6 Å². The topological polar surface area (TPSA) is 63.1 Å². The first-order valence-corrected chi connectivity index (χ1v) is 7.68. The molecule has 4 nitrogen and oxygen atoms in total. The molecule has 0 aliphatic carbocycles. The van der Waals surface area contributed by atoms with Gasteiger partial charge in [-0.15, -0.1) is 11.3 Å². The Bertz CT molecular complexity index is 802. The highest BCUT2D eigenvalue weighted by Gasteiger charge is 2.20. The smallest absolute Gasteiger partial charge is 0.356 e. The summed E-state index contributed by atoms with van der Waals surface area (Å²) in [7, 11) is 0. The summed E-state index contributed by atoms with van der Waals surface area (Å²) < 4.78 is 0.787. The number of pyridine rings is 1. The number of carboxylic acid groups (broad SMARTS) is 1. The van der Waals surface area contributed by atoms with Crippen molar-refractivity contribution in [3.63, 3.8) is 0 Å². The molecule has 0 aliphatic heterocycles. The summed E-state index contributed by atoms with van der Waals surface area (Å²) in [4.78, 5) is 20.6. The summed E-state index contributed by atoms with van der Waals surface area (Å²) in [6.07, 6.45) is 1.66. The first-order chi connectivity index (χ1) is 10.2. The molecule has 104 valence electrons. The molecule has 1 N–H and O–H groups in total. The number of hydrogen-bond acceptors (Lipinski definition) is 4. The summed E-state index contributed by atoms with van der Waals surface area (Å²) >= 11 is 4.74. The summed E-state index contributed by atoms with van der Waals surface area (Å²) in [6, 6.07) is 13.0. The van der Waals surface area contributed by atoms with Crippen molar-refractivity contribution in [3.8, 4) is 21.1 Å². The summed E-state index contributed by atoms with van der Waals surface area (Å²) in [5, 5.41) is 9.95. The lowest BCUT2D eigenvalue weighted by atomic mass is 10.1. The van der Waals surface area contributed by atoms with E-state index < -0.39 is 5.97 Å². The van der Waals surface area contributed by atoms with E-state index >= 15 is 0 Å². The van der Waals surface area contributed by atoms with Crippen molar-refractivity contribution < 1.29 is 9.90 Å². The molecule has 2 heterocycles. The van der Waals surface area contributed by atoms with Crippen molar-refractivity contribution >= 4 is 33.2 Å². The predicted molar refractivity (Wildman–Crippen MR) is 85.4 cm³/mol. The molecule has 0 radical (unpaired) electrons. The zero-order valence-electron chi connectivity index (χ0n) is 10.7. The van der Waals surface area contributed by atoms with E-state index in [1.54, 1.807) is 12.3 Å². The van der Waals surface area contributed by atoms with Crippen LogP contribution in [-0.4, -0.2) is 21.0 Å². The standard InChI is InChI=1S/C15H9BrN2O2S/c16-10-7-4-8-17-11(10)14-18-12(15(19)20)13(21-14)9-5-2-1-3-6-9/h1-8H,(H,19,20). The van der Waals surface area contributed by atoms with Crippen LogP contribution in [0.1, 0.15) is 10.5 Å². The van der Waals surface area contributed by atoms with Gasteiger partial charge in [-0.3, -0.25) is 4.98 Å². The SMILES string of the molecule is O=C(O)c1nc(-c2ncccc2Br)sc1-c1ccccc1. The van der Waals surface area contributed by atoms with Gasteiger partial charge in [-0.25, -0.2) is 9.78 Å². The molecule has 0 saturated heterocycles. The van der Waals surface area contributed by atoms with E-state index in [0.29, 0.717) is 15.6 Å². The van der Waals surface area contributed by atoms with Gasteiger partial charge in [0.25, 0.3) is 0 Å². The monoisotopic (exact) mass is 360 g/mol. The van der Waals surface area contributed by atoms with Crippen molar-refractivity contribution in [1.82, 2.24) is 9.97 Å². The van der Waals surface area contributed by atoms with Crippen LogP contribution in [0.5, 0.6) is 0 Å². The van der Waals surface area contributed by atoms with Crippen LogP contribution >= 0.6 is 27.3 Å². The Hall–Kier alpha value is -2.05. The van der Waals surface area contributed by atoms with Crippen molar-refractivity contribution in [1.29, 1.82) is 0 Å². The van der Waals surface area contributed by atoms with E-state index in [2.05, 4.69) is 25.9 Å². The van der Waals surface area contributed by atoms with Crippen LogP contribution in [0.2, 0.25) is 0 Å². The molecule has 0 spiro atoms. The van der Waals surface area contributed by atoms with Crippen LogP contribution in [0.15, 0.2) is 53.1 Å². The van der Waals surface area contributed by atoms with Gasteiger partial charge in [0.2, 0.25) is 0 Å². The van der Waals surface area contributed by atoms with Crippen LogP contribution in [0.25, 0.3) is 21.1 Å². The quantitative estimate of drug-likeness (QED) is 0.754. The van der Waals surface area contributed by atoms with E-state index in [4.69, 9.17) is 0 Å². The fourth-order valence-corrected chi connectivity index (χ4v) is 3.54. The third-order valence-electron chi connectivity index (χ3n) is 2.83. The fourth-order valence-electron chi connectivity index (χ4n) is 1.89. The normalized spacial score (nSPS) is 10.5. The van der Waals surface area contributed by atoms with Crippen LogP contribution in [0.4, 0.5) is 0 Å². The van der Waals surface area contributed by atoms with Gasteiger partial charge < -0.3 is 5.11 Å². The first-order valence-electron chi connectivity index (χ1n) is 6.07. The van der Waals surface area contributed by atoms with Crippen molar-refractivity contribution in [2.75, 3.05) is 0 Å². The van der Waals surface area contributed by atoms with Gasteiger partial charge in [-0.2, -0.15) is 0 Å². The Labute approximate surface area is 133 Å². The van der Waals surface area contributed by atoms with Gasteiger partial charge in [0.15, 0.2) is 5.69 Å². The Morgan fingerprint density at radius 2 is 1.90 bits per heavy atom. The fraction of sp³-hybridized carbons (Fsp3) is 0. The van der Waals surface area contributed by atoms with Gasteiger partial charge in [0.05, 0.1) is 4.88 Å². The number of carboxylic acids is 1. The van der Waals surface area contributed by atoms with Gasteiger partial charge in [-0.1, -0.05) is 30.3 Å². The first kappa shape index (κ1) is 13.9. The van der Waals surface area contributed by atoms with E-state index in [1.807, 2.05) is 36.4 Å². The number of aromatic carboxylic acids is 1. The van der Waals surface area contributed by atoms with E-state index in [0.717, 1.165) is 10.0 Å². The van der Waals surface area contributed by atoms with Crippen LogP contribution < -0.4 is 0 Å². The van der Waals surface area contributed by atoms with Crippen molar-refractivity contribution in [2.45, 2.75) is 0 Å². The van der Waals surface area contributed by atoms with Gasteiger partial charge in [0.1, 0.15) is 10.7 Å². The number of nitrogens with zero attached hydrogens (tertiary/aromatic N) is 2. The summed E-state index contributed by atoms with van der Waals surface area (Å²) in [6.45, 7) is 0. The maximum absolute atomic E-state index is 11.4. The Morgan fingerprint density at radius 3 is 2.57 bits per heavy atom. The second kappa shape index (κ2) is 5.75. The number of carbonyl (C=O) groups is 1. The molecule has 0 amide bonds. The predicted octanol–water partition coefficient (Wildman–Crippen LogP) is 4.33. The molecular formula is C15H9BrN2O2S. The lowest BCUT2D eigenvalue weighted by Gasteiger charge is -1.97.